The number of para-hydroxylation sites is 1. The molecule has 0 bridgehead atoms. The van der Waals surface area contributed by atoms with Crippen LogP contribution in [0.3, 0.4) is 0 Å². The Kier molecular flexibility index (Phi) is 5.11. The number of hydrogen-bond acceptors (Lipinski definition) is 5. The fourth-order valence-corrected chi connectivity index (χ4v) is 5.25. The van der Waals surface area contributed by atoms with Gasteiger partial charge in [-0.3, -0.25) is 4.79 Å². The molecule has 1 aromatic heterocycles. The number of halogens is 2. The molecule has 168 valence electrons. The maximum Gasteiger partial charge on any atom is 0.427 e. The third kappa shape index (κ3) is 3.38. The molecule has 2 heterocycles. The predicted octanol–water partition coefficient (Wildman–Crippen LogP) is 5.80. The molecule has 0 spiro atoms. The molecule has 0 saturated heterocycles. The Hall–Kier alpha value is -3.30. The van der Waals surface area contributed by atoms with E-state index < -0.39 is 23.3 Å². The van der Waals surface area contributed by atoms with Gasteiger partial charge in [0, 0.05) is 25.8 Å². The molecule has 0 amide bonds. The molecule has 0 radical (unpaired) electrons. The van der Waals surface area contributed by atoms with Gasteiger partial charge in [0.1, 0.15) is 17.6 Å². The number of fused-ring (bicyclic) bond motifs is 6. The van der Waals surface area contributed by atoms with Gasteiger partial charge in [0.25, 0.3) is 11.5 Å². The van der Waals surface area contributed by atoms with Crippen LogP contribution in [0.5, 0.6) is 5.75 Å². The largest absolute Gasteiger partial charge is 0.456 e. The van der Waals surface area contributed by atoms with E-state index in [4.69, 9.17) is 25.5 Å². The van der Waals surface area contributed by atoms with Crippen molar-refractivity contribution in [3.63, 3.8) is 0 Å². The van der Waals surface area contributed by atoms with E-state index in [1.807, 2.05) is 36.4 Å². The first-order valence-corrected chi connectivity index (χ1v) is 11.9. The maximum atomic E-state index is 13.8. The van der Waals surface area contributed by atoms with Crippen molar-refractivity contribution in [1.29, 1.82) is 0 Å². The summed E-state index contributed by atoms with van der Waals surface area (Å²) in [6.45, 7) is 0. The van der Waals surface area contributed by atoms with Crippen LogP contribution in [-0.4, -0.2) is 4.57 Å². The highest BCUT2D eigenvalue weighted by atomic mass is 127. The number of ether oxygens (including phenoxy) is 2. The van der Waals surface area contributed by atoms with Crippen LogP contribution in [0.2, 0.25) is 5.02 Å². The van der Waals surface area contributed by atoms with Crippen molar-refractivity contribution in [2.75, 3.05) is 0 Å². The van der Waals surface area contributed by atoms with Crippen LogP contribution in [0.4, 0.5) is 0 Å². The fraction of sp³-hybridized carbons (Fsp3) is 0.0769. The summed E-state index contributed by atoms with van der Waals surface area (Å²) < 4.78 is 19.7. The average molecular weight is 584 g/mol. The Balaban J connectivity index is 1.55. The second kappa shape index (κ2) is 8.18. The summed E-state index contributed by atoms with van der Waals surface area (Å²) in [5.74, 6) is -0.200. The Morgan fingerprint density at radius 3 is 2.59 bits per heavy atom. The van der Waals surface area contributed by atoms with Crippen LogP contribution in [0.15, 0.2) is 98.8 Å². The molecular weight excluding hydrogens is 569 g/mol. The Morgan fingerprint density at radius 2 is 1.76 bits per heavy atom. The zero-order valence-corrected chi connectivity index (χ0v) is 20.3. The van der Waals surface area contributed by atoms with Crippen LogP contribution in [0, 0.1) is 3.57 Å². The lowest BCUT2D eigenvalue weighted by atomic mass is 9.81. The molecule has 6 nitrogen and oxygen atoms in total. The summed E-state index contributed by atoms with van der Waals surface area (Å²) in [4.78, 5) is 26.8. The SMILES string of the molecule is O=c1oc2c(c(=O)n1-c1ccccc1I)C1C=C(Oc3cccc(Cl)c3)OC1c1ccccc1-2. The van der Waals surface area contributed by atoms with Crippen molar-refractivity contribution in [3.8, 4) is 22.8 Å². The fourth-order valence-electron chi connectivity index (χ4n) is 4.44. The second-order valence-electron chi connectivity index (χ2n) is 7.90. The monoisotopic (exact) mass is 583 g/mol. The smallest absolute Gasteiger partial charge is 0.427 e. The van der Waals surface area contributed by atoms with Crippen molar-refractivity contribution in [2.45, 2.75) is 12.0 Å². The van der Waals surface area contributed by atoms with E-state index >= 15 is 0 Å². The molecule has 8 heteroatoms. The number of benzene rings is 3. The summed E-state index contributed by atoms with van der Waals surface area (Å²) in [6.07, 6.45) is 1.25. The highest BCUT2D eigenvalue weighted by Crippen LogP contribution is 2.51. The standard InChI is InChI=1S/C26H15ClINO5/c27-14-6-5-7-15(12-14)32-21-13-18-22-24(17-9-2-1-8-16(17)23(18)33-21)34-26(31)29(25(22)30)20-11-4-3-10-19(20)28/h1-13,18,23H. The molecular formula is C26H15ClINO5. The molecule has 3 aromatic carbocycles. The van der Waals surface area contributed by atoms with Crippen LogP contribution in [-0.2, 0) is 4.74 Å². The lowest BCUT2D eigenvalue weighted by Crippen LogP contribution is -2.37. The summed E-state index contributed by atoms with van der Waals surface area (Å²) in [7, 11) is 0. The van der Waals surface area contributed by atoms with Gasteiger partial charge in [0.2, 0.25) is 0 Å². The van der Waals surface area contributed by atoms with Crippen LogP contribution in [0.1, 0.15) is 23.1 Å². The number of aromatic nitrogens is 1. The van der Waals surface area contributed by atoms with Crippen molar-refractivity contribution >= 4 is 34.2 Å². The van der Waals surface area contributed by atoms with Gasteiger partial charge in [0.15, 0.2) is 0 Å². The third-order valence-electron chi connectivity index (χ3n) is 5.89. The van der Waals surface area contributed by atoms with E-state index in [1.165, 1.54) is 0 Å². The lowest BCUT2D eigenvalue weighted by Gasteiger charge is -2.28. The molecule has 4 aromatic rings. The Bertz CT molecular complexity index is 1610. The predicted molar refractivity (Wildman–Crippen MR) is 135 cm³/mol. The van der Waals surface area contributed by atoms with E-state index in [1.54, 1.807) is 42.5 Å². The molecule has 0 saturated carbocycles. The first-order chi connectivity index (χ1) is 16.5. The van der Waals surface area contributed by atoms with Crippen molar-refractivity contribution < 1.29 is 13.9 Å². The van der Waals surface area contributed by atoms with Gasteiger partial charge in [-0.1, -0.05) is 54.1 Å². The van der Waals surface area contributed by atoms with Crippen molar-refractivity contribution in [3.05, 3.63) is 125 Å². The molecule has 2 atom stereocenters. The van der Waals surface area contributed by atoms with Gasteiger partial charge < -0.3 is 13.9 Å². The van der Waals surface area contributed by atoms with Crippen molar-refractivity contribution in [1.82, 2.24) is 4.57 Å². The van der Waals surface area contributed by atoms with Gasteiger partial charge in [-0.05, 0) is 52.9 Å². The van der Waals surface area contributed by atoms with Crippen LogP contribution < -0.4 is 16.1 Å². The zero-order chi connectivity index (χ0) is 23.4. The minimum atomic E-state index is -0.737. The summed E-state index contributed by atoms with van der Waals surface area (Å²) in [6, 6.07) is 21.6. The van der Waals surface area contributed by atoms with Gasteiger partial charge in [-0.15, -0.1) is 0 Å². The average Bonchev–Trinajstić information content (AvgIpc) is 3.23. The molecule has 2 aliphatic rings. The quantitative estimate of drug-likeness (QED) is 0.285. The minimum Gasteiger partial charge on any atom is -0.456 e. The lowest BCUT2D eigenvalue weighted by molar-refractivity contribution is 0.0599. The van der Waals surface area contributed by atoms with Crippen LogP contribution >= 0.6 is 34.2 Å². The summed E-state index contributed by atoms with van der Waals surface area (Å²) in [5.41, 5.74) is 1.85. The molecule has 1 aliphatic heterocycles. The van der Waals surface area contributed by atoms with E-state index in [0.29, 0.717) is 27.6 Å². The molecule has 34 heavy (non-hydrogen) atoms. The molecule has 2 unspecified atom stereocenters. The third-order valence-corrected chi connectivity index (χ3v) is 7.04. The second-order valence-corrected chi connectivity index (χ2v) is 9.50. The van der Waals surface area contributed by atoms with Gasteiger partial charge in [-0.25, -0.2) is 9.36 Å². The Labute approximate surface area is 212 Å². The first-order valence-electron chi connectivity index (χ1n) is 10.5. The molecule has 0 fully saturated rings. The maximum absolute atomic E-state index is 13.8. The first kappa shape index (κ1) is 21.2. The van der Waals surface area contributed by atoms with Gasteiger partial charge >= 0.3 is 5.76 Å². The Morgan fingerprint density at radius 1 is 0.971 bits per heavy atom. The summed E-state index contributed by atoms with van der Waals surface area (Å²) in [5, 5.41) is 0.534. The van der Waals surface area contributed by atoms with E-state index in [0.717, 1.165) is 13.7 Å². The summed E-state index contributed by atoms with van der Waals surface area (Å²) >= 11 is 8.18. The van der Waals surface area contributed by atoms with E-state index in [2.05, 4.69) is 22.6 Å². The number of hydrogen-bond donors (Lipinski definition) is 0. The molecule has 0 N–H and O–H groups in total. The normalized spacial score (nSPS) is 17.8. The number of nitrogens with zero attached hydrogens (tertiary/aromatic N) is 1. The highest BCUT2D eigenvalue weighted by Gasteiger charge is 2.43. The van der Waals surface area contributed by atoms with E-state index in [9.17, 15) is 9.59 Å². The highest BCUT2D eigenvalue weighted by molar-refractivity contribution is 14.1. The minimum absolute atomic E-state index is 0.256. The van der Waals surface area contributed by atoms with Gasteiger partial charge in [0.05, 0.1) is 17.2 Å². The molecule has 6 rings (SSSR count). The van der Waals surface area contributed by atoms with E-state index in [-0.39, 0.29) is 11.7 Å². The molecule has 1 aliphatic carbocycles. The zero-order valence-electron chi connectivity index (χ0n) is 17.4. The van der Waals surface area contributed by atoms with Gasteiger partial charge in [-0.2, -0.15) is 0 Å². The van der Waals surface area contributed by atoms with Crippen molar-refractivity contribution in [2.24, 2.45) is 0 Å². The topological polar surface area (TPSA) is 70.7 Å². The van der Waals surface area contributed by atoms with Crippen LogP contribution in [0.25, 0.3) is 17.0 Å². The number of rotatable bonds is 3.